The van der Waals surface area contributed by atoms with E-state index in [2.05, 4.69) is 150 Å². The minimum Gasteiger partial charge on any atom is -0.0619 e. The van der Waals surface area contributed by atoms with Gasteiger partial charge in [-0.05, 0) is 95.2 Å². The highest BCUT2D eigenvalue weighted by Crippen LogP contribution is 2.51. The third-order valence-corrected chi connectivity index (χ3v) is 8.84. The van der Waals surface area contributed by atoms with Gasteiger partial charge < -0.3 is 0 Å². The number of fused-ring (bicyclic) bond motifs is 5. The molecule has 0 spiro atoms. The fourth-order valence-electron chi connectivity index (χ4n) is 6.55. The number of hydrogen-bond acceptors (Lipinski definition) is 0. The lowest BCUT2D eigenvalue weighted by Gasteiger charge is -2.23. The zero-order valence-corrected chi connectivity index (χ0v) is 23.5. The van der Waals surface area contributed by atoms with E-state index < -0.39 is 0 Å². The summed E-state index contributed by atoms with van der Waals surface area (Å²) < 4.78 is 0. The highest BCUT2D eigenvalue weighted by Gasteiger charge is 2.35. The Morgan fingerprint density at radius 2 is 1.08 bits per heavy atom. The summed E-state index contributed by atoms with van der Waals surface area (Å²) in [6.07, 6.45) is 0. The summed E-state index contributed by atoms with van der Waals surface area (Å²) in [5.74, 6) is 0. The van der Waals surface area contributed by atoms with Crippen molar-refractivity contribution < 1.29 is 0 Å². The van der Waals surface area contributed by atoms with Gasteiger partial charge in [0.05, 0.1) is 0 Å². The second kappa shape index (κ2) is 8.42. The Kier molecular flexibility index (Phi) is 5.16. The maximum Gasteiger partial charge on any atom is 0.0159 e. The number of benzene rings is 6. The Hall–Kier alpha value is -4.16. The molecule has 0 aromatic heterocycles. The van der Waals surface area contributed by atoms with Gasteiger partial charge in [-0.2, -0.15) is 0 Å². The molecule has 0 amide bonds. The van der Waals surface area contributed by atoms with Crippen molar-refractivity contribution in [2.45, 2.75) is 45.4 Å². The molecule has 6 aromatic carbocycles. The smallest absolute Gasteiger partial charge is 0.0159 e. The van der Waals surface area contributed by atoms with Crippen molar-refractivity contribution in [2.75, 3.05) is 0 Å². The van der Waals surface area contributed by atoms with Crippen molar-refractivity contribution in [3.63, 3.8) is 0 Å². The molecule has 0 fully saturated rings. The standard InChI is InChI=1S/C39H34/c1-38(2,3)29-18-16-26(17-19-29)30-20-21-31(28-15-14-25-10-6-7-11-27(25)22-28)33-23-35-32-12-8-9-13-36(32)39(4,5)37(35)24-34(30)33/h6-24H,1-5H3. The van der Waals surface area contributed by atoms with Crippen LogP contribution in [0.15, 0.2) is 115 Å². The Morgan fingerprint density at radius 1 is 0.462 bits per heavy atom. The summed E-state index contributed by atoms with van der Waals surface area (Å²) in [7, 11) is 0. The van der Waals surface area contributed by atoms with E-state index in [-0.39, 0.29) is 10.8 Å². The summed E-state index contributed by atoms with van der Waals surface area (Å²) in [5, 5.41) is 5.19. The summed E-state index contributed by atoms with van der Waals surface area (Å²) >= 11 is 0. The molecule has 0 atom stereocenters. The molecule has 0 radical (unpaired) electrons. The van der Waals surface area contributed by atoms with Crippen molar-refractivity contribution in [2.24, 2.45) is 0 Å². The summed E-state index contributed by atoms with van der Waals surface area (Å²) in [6.45, 7) is 11.6. The second-order valence-corrected chi connectivity index (χ2v) is 12.7. The first-order valence-corrected chi connectivity index (χ1v) is 14.0. The molecule has 190 valence electrons. The van der Waals surface area contributed by atoms with Gasteiger partial charge in [0, 0.05) is 5.41 Å². The van der Waals surface area contributed by atoms with Gasteiger partial charge in [0.25, 0.3) is 0 Å². The Morgan fingerprint density at radius 3 is 1.82 bits per heavy atom. The molecule has 0 saturated heterocycles. The molecule has 6 aromatic rings. The van der Waals surface area contributed by atoms with E-state index in [4.69, 9.17) is 0 Å². The molecule has 39 heavy (non-hydrogen) atoms. The summed E-state index contributed by atoms with van der Waals surface area (Å²) in [5.41, 5.74) is 12.1. The molecular weight excluding hydrogens is 468 g/mol. The van der Waals surface area contributed by atoms with Crippen LogP contribution in [0, 0.1) is 0 Å². The van der Waals surface area contributed by atoms with Crippen LogP contribution in [-0.2, 0) is 10.8 Å². The molecule has 1 aliphatic carbocycles. The Bertz CT molecular complexity index is 1890. The van der Waals surface area contributed by atoms with Crippen molar-refractivity contribution >= 4 is 21.5 Å². The Balaban J connectivity index is 1.52. The SMILES string of the molecule is CC(C)(C)c1ccc(-c2ccc(-c3ccc4ccccc4c3)c3cc4c(cc23)C(C)(C)c2ccccc2-4)cc1. The van der Waals surface area contributed by atoms with Gasteiger partial charge >= 0.3 is 0 Å². The van der Waals surface area contributed by atoms with E-state index >= 15 is 0 Å². The van der Waals surface area contributed by atoms with Crippen LogP contribution in [0.1, 0.15) is 51.3 Å². The highest BCUT2D eigenvalue weighted by molar-refractivity contribution is 6.09. The quantitative estimate of drug-likeness (QED) is 0.221. The van der Waals surface area contributed by atoms with E-state index in [1.165, 1.54) is 71.6 Å². The molecule has 0 aliphatic heterocycles. The zero-order valence-electron chi connectivity index (χ0n) is 23.5. The predicted molar refractivity (Wildman–Crippen MR) is 169 cm³/mol. The second-order valence-electron chi connectivity index (χ2n) is 12.7. The van der Waals surface area contributed by atoms with Gasteiger partial charge in [-0.1, -0.05) is 132 Å². The lowest BCUT2D eigenvalue weighted by atomic mass is 9.80. The molecule has 0 nitrogen and oxygen atoms in total. The summed E-state index contributed by atoms with van der Waals surface area (Å²) in [6, 6.07) is 43.3. The fraction of sp³-hybridized carbons (Fsp3) is 0.179. The minimum absolute atomic E-state index is 0.0353. The molecule has 0 heteroatoms. The first-order chi connectivity index (χ1) is 18.7. The molecule has 0 saturated carbocycles. The van der Waals surface area contributed by atoms with E-state index in [9.17, 15) is 0 Å². The van der Waals surface area contributed by atoms with Crippen LogP contribution < -0.4 is 0 Å². The Labute approximate surface area is 232 Å². The molecule has 7 rings (SSSR count). The van der Waals surface area contributed by atoms with Gasteiger partial charge in [0.15, 0.2) is 0 Å². The molecule has 0 unspecified atom stereocenters. The highest BCUT2D eigenvalue weighted by atomic mass is 14.4. The summed E-state index contributed by atoms with van der Waals surface area (Å²) in [4.78, 5) is 0. The van der Waals surface area contributed by atoms with Crippen molar-refractivity contribution in [1.82, 2.24) is 0 Å². The molecule has 0 bridgehead atoms. The van der Waals surface area contributed by atoms with E-state index in [0.29, 0.717) is 0 Å². The van der Waals surface area contributed by atoms with Crippen LogP contribution in [-0.4, -0.2) is 0 Å². The topological polar surface area (TPSA) is 0 Å². The first-order valence-electron chi connectivity index (χ1n) is 14.0. The lowest BCUT2D eigenvalue weighted by Crippen LogP contribution is -2.14. The zero-order chi connectivity index (χ0) is 26.9. The van der Waals surface area contributed by atoms with Crippen molar-refractivity contribution in [1.29, 1.82) is 0 Å². The van der Waals surface area contributed by atoms with Crippen LogP contribution >= 0.6 is 0 Å². The van der Waals surface area contributed by atoms with Crippen LogP contribution in [0.25, 0.3) is 54.9 Å². The number of rotatable bonds is 2. The van der Waals surface area contributed by atoms with Crippen LogP contribution in [0.3, 0.4) is 0 Å². The normalized spacial score (nSPS) is 14.0. The minimum atomic E-state index is -0.0353. The number of hydrogen-bond donors (Lipinski definition) is 0. The van der Waals surface area contributed by atoms with Crippen LogP contribution in [0.5, 0.6) is 0 Å². The van der Waals surface area contributed by atoms with Crippen LogP contribution in [0.2, 0.25) is 0 Å². The average molecular weight is 503 g/mol. The molecule has 1 aliphatic rings. The lowest BCUT2D eigenvalue weighted by molar-refractivity contribution is 0.590. The van der Waals surface area contributed by atoms with Gasteiger partial charge in [-0.15, -0.1) is 0 Å². The fourth-order valence-corrected chi connectivity index (χ4v) is 6.55. The largest absolute Gasteiger partial charge is 0.0619 e. The van der Waals surface area contributed by atoms with Crippen LogP contribution in [0.4, 0.5) is 0 Å². The molecular formula is C39H34. The molecule has 0 N–H and O–H groups in total. The van der Waals surface area contributed by atoms with Gasteiger partial charge in [0.2, 0.25) is 0 Å². The monoisotopic (exact) mass is 502 g/mol. The van der Waals surface area contributed by atoms with E-state index in [1.807, 2.05) is 0 Å². The first kappa shape index (κ1) is 23.9. The van der Waals surface area contributed by atoms with Crippen molar-refractivity contribution in [3.8, 4) is 33.4 Å². The third-order valence-electron chi connectivity index (χ3n) is 8.84. The molecule has 0 heterocycles. The maximum absolute atomic E-state index is 2.49. The average Bonchev–Trinajstić information content (AvgIpc) is 3.17. The van der Waals surface area contributed by atoms with Gasteiger partial charge in [-0.25, -0.2) is 0 Å². The maximum atomic E-state index is 2.49. The van der Waals surface area contributed by atoms with Gasteiger partial charge in [-0.3, -0.25) is 0 Å². The van der Waals surface area contributed by atoms with Crippen molar-refractivity contribution in [3.05, 3.63) is 132 Å². The third kappa shape index (κ3) is 3.73. The van der Waals surface area contributed by atoms with Gasteiger partial charge in [0.1, 0.15) is 0 Å². The van der Waals surface area contributed by atoms with E-state index in [1.54, 1.807) is 0 Å². The predicted octanol–water partition coefficient (Wildman–Crippen LogP) is 10.9. The van der Waals surface area contributed by atoms with E-state index in [0.717, 1.165) is 0 Å².